The van der Waals surface area contributed by atoms with Crippen molar-refractivity contribution in [3.8, 4) is 28.7 Å². The molecule has 0 heterocycles. The Morgan fingerprint density at radius 2 is 1.68 bits per heavy atom. The topological polar surface area (TPSA) is 123 Å². The van der Waals surface area contributed by atoms with Gasteiger partial charge in [0.25, 0.3) is 0 Å². The summed E-state index contributed by atoms with van der Waals surface area (Å²) in [6.07, 6.45) is -1.60. The van der Waals surface area contributed by atoms with Crippen molar-refractivity contribution in [1.29, 1.82) is 0 Å². The second-order valence-corrected chi connectivity index (χ2v) is 4.99. The van der Waals surface area contributed by atoms with Crippen LogP contribution in [0.4, 0.5) is 0 Å². The van der Waals surface area contributed by atoms with E-state index in [4.69, 9.17) is 14.2 Å². The molecule has 132 valence electrons. The molecule has 2 aromatic carbocycles. The summed E-state index contributed by atoms with van der Waals surface area (Å²) >= 11 is 0. The molecule has 0 saturated carbocycles. The zero-order valence-corrected chi connectivity index (χ0v) is 13.4. The van der Waals surface area contributed by atoms with Crippen molar-refractivity contribution in [2.24, 2.45) is 0 Å². The van der Waals surface area contributed by atoms with Crippen LogP contribution in [0.1, 0.15) is 18.6 Å². The van der Waals surface area contributed by atoms with E-state index in [1.807, 2.05) is 0 Å². The molecule has 0 fully saturated rings. The zero-order chi connectivity index (χ0) is 18.6. The number of benzene rings is 2. The van der Waals surface area contributed by atoms with Gasteiger partial charge in [-0.25, -0.2) is 4.79 Å². The average Bonchev–Trinajstić information content (AvgIpc) is 2.56. The van der Waals surface area contributed by atoms with E-state index in [0.717, 1.165) is 19.1 Å². The standard InChI is InChI=1S/C17H16O8/c1-9(18)24-16(12-8-11(23-2)4-6-13(12)20)17(22)25-15-7-10(19)3-5-14(15)21/h3-8,16,19-21H,1-2H3. The van der Waals surface area contributed by atoms with Crippen LogP contribution in [-0.4, -0.2) is 34.4 Å². The minimum Gasteiger partial charge on any atom is -0.508 e. The molecule has 3 N–H and O–H groups in total. The van der Waals surface area contributed by atoms with E-state index in [9.17, 15) is 24.9 Å². The number of hydrogen-bond donors (Lipinski definition) is 3. The molecule has 1 atom stereocenters. The van der Waals surface area contributed by atoms with E-state index in [1.54, 1.807) is 0 Å². The van der Waals surface area contributed by atoms with Crippen LogP contribution in [0, 0.1) is 0 Å². The maximum atomic E-state index is 12.4. The third kappa shape index (κ3) is 4.31. The number of ether oxygens (including phenoxy) is 3. The molecule has 8 heteroatoms. The van der Waals surface area contributed by atoms with Gasteiger partial charge in [-0.15, -0.1) is 0 Å². The van der Waals surface area contributed by atoms with Crippen LogP contribution in [0.25, 0.3) is 0 Å². The Kier molecular flexibility index (Phi) is 5.33. The predicted octanol–water partition coefficient (Wildman–Crippen LogP) is 2.02. The van der Waals surface area contributed by atoms with Crippen LogP contribution in [0.5, 0.6) is 28.7 Å². The van der Waals surface area contributed by atoms with Gasteiger partial charge in [-0.05, 0) is 30.3 Å². The molecular weight excluding hydrogens is 332 g/mol. The van der Waals surface area contributed by atoms with Gasteiger partial charge >= 0.3 is 11.9 Å². The zero-order valence-electron chi connectivity index (χ0n) is 13.4. The Balaban J connectivity index is 2.38. The fraction of sp³-hybridized carbons (Fsp3) is 0.176. The molecule has 25 heavy (non-hydrogen) atoms. The van der Waals surface area contributed by atoms with Crippen LogP contribution >= 0.6 is 0 Å². The van der Waals surface area contributed by atoms with Crippen molar-refractivity contribution >= 4 is 11.9 Å². The Morgan fingerprint density at radius 1 is 1.00 bits per heavy atom. The monoisotopic (exact) mass is 348 g/mol. The van der Waals surface area contributed by atoms with E-state index in [0.29, 0.717) is 5.75 Å². The normalized spacial score (nSPS) is 11.4. The number of carbonyl (C=O) groups excluding carboxylic acids is 2. The molecule has 2 rings (SSSR count). The van der Waals surface area contributed by atoms with Gasteiger partial charge in [0.05, 0.1) is 7.11 Å². The molecule has 8 nitrogen and oxygen atoms in total. The number of hydrogen-bond acceptors (Lipinski definition) is 8. The minimum absolute atomic E-state index is 0.0563. The summed E-state index contributed by atoms with van der Waals surface area (Å²) in [6.45, 7) is 1.09. The molecule has 0 amide bonds. The lowest BCUT2D eigenvalue weighted by molar-refractivity contribution is -0.161. The minimum atomic E-state index is -1.60. The SMILES string of the molecule is COc1ccc(O)c(C(OC(C)=O)C(=O)Oc2cc(O)ccc2O)c1. The molecule has 0 spiro atoms. The Morgan fingerprint density at radius 3 is 2.32 bits per heavy atom. The lowest BCUT2D eigenvalue weighted by atomic mass is 10.1. The average molecular weight is 348 g/mol. The Bertz CT molecular complexity index is 799. The number of aromatic hydroxyl groups is 3. The van der Waals surface area contributed by atoms with Crippen LogP contribution in [0.3, 0.4) is 0 Å². The fourth-order valence-electron chi connectivity index (χ4n) is 2.02. The summed E-state index contributed by atoms with van der Waals surface area (Å²) in [5, 5.41) is 29.1. The lowest BCUT2D eigenvalue weighted by Crippen LogP contribution is -2.23. The van der Waals surface area contributed by atoms with Crippen molar-refractivity contribution in [2.45, 2.75) is 13.0 Å². The van der Waals surface area contributed by atoms with Crippen molar-refractivity contribution in [1.82, 2.24) is 0 Å². The van der Waals surface area contributed by atoms with Gasteiger partial charge in [0, 0.05) is 18.6 Å². The highest BCUT2D eigenvalue weighted by Gasteiger charge is 2.30. The summed E-state index contributed by atoms with van der Waals surface area (Å²) in [5.41, 5.74) is -0.0563. The third-order valence-corrected chi connectivity index (χ3v) is 3.17. The van der Waals surface area contributed by atoms with E-state index < -0.39 is 23.8 Å². The molecule has 0 aromatic heterocycles. The van der Waals surface area contributed by atoms with Crippen molar-refractivity contribution < 1.29 is 39.1 Å². The molecule has 1 unspecified atom stereocenters. The van der Waals surface area contributed by atoms with Gasteiger partial charge in [-0.2, -0.15) is 0 Å². The number of carbonyl (C=O) groups is 2. The lowest BCUT2D eigenvalue weighted by Gasteiger charge is -2.18. The first-order chi connectivity index (χ1) is 11.8. The van der Waals surface area contributed by atoms with Gasteiger partial charge < -0.3 is 29.5 Å². The Hall–Kier alpha value is -3.42. The summed E-state index contributed by atoms with van der Waals surface area (Å²) in [7, 11) is 1.39. The van der Waals surface area contributed by atoms with Crippen molar-refractivity contribution in [3.05, 3.63) is 42.0 Å². The van der Waals surface area contributed by atoms with Gasteiger partial charge in [-0.1, -0.05) is 0 Å². The summed E-state index contributed by atoms with van der Waals surface area (Å²) < 4.78 is 15.0. The smallest absolute Gasteiger partial charge is 0.357 e. The Labute approximate surface area is 142 Å². The van der Waals surface area contributed by atoms with Gasteiger partial charge in [0.1, 0.15) is 17.2 Å². The summed E-state index contributed by atoms with van der Waals surface area (Å²) in [4.78, 5) is 23.8. The van der Waals surface area contributed by atoms with Crippen LogP contribution in [0.2, 0.25) is 0 Å². The number of esters is 2. The molecule has 0 bridgehead atoms. The van der Waals surface area contributed by atoms with E-state index >= 15 is 0 Å². The van der Waals surface area contributed by atoms with Gasteiger partial charge in [-0.3, -0.25) is 4.79 Å². The molecule has 2 aromatic rings. The molecule has 0 aliphatic carbocycles. The van der Waals surface area contributed by atoms with Crippen molar-refractivity contribution in [2.75, 3.05) is 7.11 Å². The fourth-order valence-corrected chi connectivity index (χ4v) is 2.02. The second-order valence-electron chi connectivity index (χ2n) is 4.99. The van der Waals surface area contributed by atoms with Crippen molar-refractivity contribution in [3.63, 3.8) is 0 Å². The number of rotatable bonds is 5. The van der Waals surface area contributed by atoms with E-state index in [-0.39, 0.29) is 22.8 Å². The quantitative estimate of drug-likeness (QED) is 0.426. The molecule has 0 aliphatic rings. The van der Waals surface area contributed by atoms with Crippen LogP contribution in [0.15, 0.2) is 36.4 Å². The largest absolute Gasteiger partial charge is 0.508 e. The van der Waals surface area contributed by atoms with E-state index in [2.05, 4.69) is 0 Å². The predicted molar refractivity (Wildman–Crippen MR) is 84.6 cm³/mol. The number of phenolic OH excluding ortho intramolecular Hbond substituents is 3. The summed E-state index contributed by atoms with van der Waals surface area (Å²) in [6, 6.07) is 7.38. The highest BCUT2D eigenvalue weighted by molar-refractivity contribution is 5.83. The first-order valence-corrected chi connectivity index (χ1v) is 7.09. The van der Waals surface area contributed by atoms with Crippen LogP contribution < -0.4 is 9.47 Å². The third-order valence-electron chi connectivity index (χ3n) is 3.17. The molecule has 0 saturated heterocycles. The van der Waals surface area contributed by atoms with E-state index in [1.165, 1.54) is 31.4 Å². The van der Waals surface area contributed by atoms with Gasteiger partial charge in [0.2, 0.25) is 6.10 Å². The molecule has 0 aliphatic heterocycles. The maximum Gasteiger partial charge on any atom is 0.357 e. The van der Waals surface area contributed by atoms with Gasteiger partial charge in [0.15, 0.2) is 11.5 Å². The molecule has 0 radical (unpaired) electrons. The highest BCUT2D eigenvalue weighted by Crippen LogP contribution is 2.34. The first kappa shape index (κ1) is 17.9. The maximum absolute atomic E-state index is 12.4. The first-order valence-electron chi connectivity index (χ1n) is 7.09. The number of methoxy groups -OCH3 is 1. The molecular formula is C17H16O8. The van der Waals surface area contributed by atoms with Crippen LogP contribution in [-0.2, 0) is 14.3 Å². The highest BCUT2D eigenvalue weighted by atomic mass is 16.6. The second kappa shape index (κ2) is 7.43. The summed E-state index contributed by atoms with van der Waals surface area (Å²) in [5.74, 6) is -2.84. The number of phenols is 3.